The van der Waals surface area contributed by atoms with Gasteiger partial charge in [-0.15, -0.1) is 0 Å². The average molecular weight is 212 g/mol. The Morgan fingerprint density at radius 2 is 2.00 bits per heavy atom. The van der Waals surface area contributed by atoms with Crippen LogP contribution in [0.15, 0.2) is 0 Å². The largest absolute Gasteiger partial charge is 0.341 e. The van der Waals surface area contributed by atoms with Crippen LogP contribution in [0.3, 0.4) is 0 Å². The van der Waals surface area contributed by atoms with Gasteiger partial charge in [0.2, 0.25) is 5.91 Å². The number of likely N-dealkylation sites (N-methyl/N-ethyl adjacent to an activating group) is 2. The first-order valence-corrected chi connectivity index (χ1v) is 5.90. The van der Waals surface area contributed by atoms with Crippen LogP contribution < -0.4 is 0 Å². The maximum atomic E-state index is 11.8. The summed E-state index contributed by atoms with van der Waals surface area (Å²) in [5.41, 5.74) is 0. The minimum Gasteiger partial charge on any atom is -0.341 e. The number of nitrogens with zero attached hydrogens (tertiary/aromatic N) is 2. The van der Waals surface area contributed by atoms with Gasteiger partial charge in [-0.3, -0.25) is 4.79 Å². The van der Waals surface area contributed by atoms with E-state index in [0.717, 1.165) is 13.0 Å². The maximum absolute atomic E-state index is 11.8. The van der Waals surface area contributed by atoms with Gasteiger partial charge in [0.15, 0.2) is 0 Å². The molecule has 1 aliphatic heterocycles. The molecule has 0 aliphatic carbocycles. The standard InChI is InChI=1S/C12H24N2O/c1-9(2)12(15)14(5)11-7-6-10(3)13(4)8-11/h9-11H,6-8H2,1-5H3. The van der Waals surface area contributed by atoms with Gasteiger partial charge in [-0.1, -0.05) is 13.8 Å². The third kappa shape index (κ3) is 2.94. The lowest BCUT2D eigenvalue weighted by molar-refractivity contribution is -0.136. The smallest absolute Gasteiger partial charge is 0.225 e. The minimum atomic E-state index is 0.111. The quantitative estimate of drug-likeness (QED) is 0.694. The molecule has 0 aromatic rings. The van der Waals surface area contributed by atoms with Crippen LogP contribution in [0.2, 0.25) is 0 Å². The predicted octanol–water partition coefficient (Wildman–Crippen LogP) is 1.58. The van der Waals surface area contributed by atoms with E-state index in [1.807, 2.05) is 25.8 Å². The monoisotopic (exact) mass is 212 g/mol. The fourth-order valence-electron chi connectivity index (χ4n) is 2.16. The van der Waals surface area contributed by atoms with Gasteiger partial charge in [0.1, 0.15) is 0 Å². The molecule has 0 saturated carbocycles. The Morgan fingerprint density at radius 1 is 1.40 bits per heavy atom. The molecule has 2 unspecified atom stereocenters. The normalized spacial score (nSPS) is 28.1. The molecular weight excluding hydrogens is 188 g/mol. The lowest BCUT2D eigenvalue weighted by Crippen LogP contribution is -2.50. The number of amides is 1. The number of hydrogen-bond acceptors (Lipinski definition) is 2. The minimum absolute atomic E-state index is 0.111. The third-order valence-corrected chi connectivity index (χ3v) is 3.56. The first-order valence-electron chi connectivity index (χ1n) is 5.90. The average Bonchev–Trinajstić information content (AvgIpc) is 2.19. The van der Waals surface area contributed by atoms with E-state index in [9.17, 15) is 4.79 Å². The highest BCUT2D eigenvalue weighted by molar-refractivity contribution is 5.78. The molecule has 0 bridgehead atoms. The summed E-state index contributed by atoms with van der Waals surface area (Å²) >= 11 is 0. The highest BCUT2D eigenvalue weighted by Gasteiger charge is 2.28. The van der Waals surface area contributed by atoms with E-state index >= 15 is 0 Å². The van der Waals surface area contributed by atoms with Crippen molar-refractivity contribution in [3.8, 4) is 0 Å². The first kappa shape index (κ1) is 12.5. The second-order valence-electron chi connectivity index (χ2n) is 5.12. The summed E-state index contributed by atoms with van der Waals surface area (Å²) in [5, 5.41) is 0. The van der Waals surface area contributed by atoms with Gasteiger partial charge in [-0.2, -0.15) is 0 Å². The van der Waals surface area contributed by atoms with Crippen molar-refractivity contribution in [2.45, 2.75) is 45.7 Å². The maximum Gasteiger partial charge on any atom is 0.225 e. The molecule has 0 spiro atoms. The van der Waals surface area contributed by atoms with Crippen molar-refractivity contribution in [1.82, 2.24) is 9.80 Å². The Bertz CT molecular complexity index is 228. The van der Waals surface area contributed by atoms with E-state index in [-0.39, 0.29) is 11.8 Å². The molecule has 3 nitrogen and oxygen atoms in total. The molecule has 2 atom stereocenters. The van der Waals surface area contributed by atoms with Gasteiger partial charge in [0.05, 0.1) is 0 Å². The van der Waals surface area contributed by atoms with E-state index in [4.69, 9.17) is 0 Å². The zero-order valence-corrected chi connectivity index (χ0v) is 10.7. The Morgan fingerprint density at radius 3 is 2.47 bits per heavy atom. The molecule has 1 amide bonds. The fraction of sp³-hybridized carbons (Fsp3) is 0.917. The first-order chi connectivity index (χ1) is 6.93. The van der Waals surface area contributed by atoms with Crippen LogP contribution >= 0.6 is 0 Å². The number of carbonyl (C=O) groups is 1. The second kappa shape index (κ2) is 4.97. The Hall–Kier alpha value is -0.570. The third-order valence-electron chi connectivity index (χ3n) is 3.56. The van der Waals surface area contributed by atoms with Gasteiger partial charge in [-0.25, -0.2) is 0 Å². The highest BCUT2D eigenvalue weighted by atomic mass is 16.2. The lowest BCUT2D eigenvalue weighted by Gasteiger charge is -2.40. The van der Waals surface area contributed by atoms with Crippen LogP contribution in [-0.4, -0.2) is 48.4 Å². The van der Waals surface area contributed by atoms with Gasteiger partial charge in [0, 0.05) is 31.6 Å². The van der Waals surface area contributed by atoms with E-state index in [1.54, 1.807) is 0 Å². The van der Waals surface area contributed by atoms with Crippen LogP contribution in [-0.2, 0) is 4.79 Å². The number of rotatable bonds is 2. The number of hydrogen-bond donors (Lipinski definition) is 0. The van der Waals surface area contributed by atoms with Gasteiger partial charge in [0.25, 0.3) is 0 Å². The van der Waals surface area contributed by atoms with Crippen molar-refractivity contribution in [3.05, 3.63) is 0 Å². The van der Waals surface area contributed by atoms with Crippen molar-refractivity contribution < 1.29 is 4.79 Å². The molecule has 1 aliphatic rings. The SMILES string of the molecule is CC(C)C(=O)N(C)C1CCC(C)N(C)C1. The van der Waals surface area contributed by atoms with Gasteiger partial charge >= 0.3 is 0 Å². The fourth-order valence-corrected chi connectivity index (χ4v) is 2.16. The van der Waals surface area contributed by atoms with E-state index in [0.29, 0.717) is 12.1 Å². The Kier molecular flexibility index (Phi) is 4.14. The number of piperidine rings is 1. The highest BCUT2D eigenvalue weighted by Crippen LogP contribution is 2.19. The number of carbonyl (C=O) groups excluding carboxylic acids is 1. The van der Waals surface area contributed by atoms with Crippen LogP contribution in [0.1, 0.15) is 33.6 Å². The van der Waals surface area contributed by atoms with Crippen LogP contribution in [0.4, 0.5) is 0 Å². The Labute approximate surface area is 93.4 Å². The zero-order valence-electron chi connectivity index (χ0n) is 10.7. The summed E-state index contributed by atoms with van der Waals surface area (Å²) in [6.45, 7) is 7.19. The molecule has 0 N–H and O–H groups in total. The molecule has 0 radical (unpaired) electrons. The summed E-state index contributed by atoms with van der Waals surface area (Å²) in [4.78, 5) is 16.1. The molecule has 88 valence electrons. The Balaban J connectivity index is 2.54. The molecule has 1 rings (SSSR count). The van der Waals surface area contributed by atoms with Gasteiger partial charge < -0.3 is 9.80 Å². The molecule has 1 fully saturated rings. The lowest BCUT2D eigenvalue weighted by atomic mass is 9.98. The summed E-state index contributed by atoms with van der Waals surface area (Å²) in [5.74, 6) is 0.377. The zero-order chi connectivity index (χ0) is 11.6. The van der Waals surface area contributed by atoms with Gasteiger partial charge in [-0.05, 0) is 26.8 Å². The molecule has 0 aromatic carbocycles. The summed E-state index contributed by atoms with van der Waals surface area (Å²) in [7, 11) is 4.08. The van der Waals surface area contributed by atoms with E-state index in [1.165, 1.54) is 6.42 Å². The molecule has 1 heterocycles. The summed E-state index contributed by atoms with van der Waals surface area (Å²) in [6.07, 6.45) is 2.33. The van der Waals surface area contributed by atoms with E-state index in [2.05, 4.69) is 18.9 Å². The van der Waals surface area contributed by atoms with E-state index < -0.39 is 0 Å². The van der Waals surface area contributed by atoms with Crippen LogP contribution in [0, 0.1) is 5.92 Å². The number of likely N-dealkylation sites (tertiary alicyclic amines) is 1. The van der Waals surface area contributed by atoms with Crippen molar-refractivity contribution in [2.24, 2.45) is 5.92 Å². The predicted molar refractivity (Wildman–Crippen MR) is 62.7 cm³/mol. The molecule has 1 saturated heterocycles. The molecule has 0 aromatic heterocycles. The van der Waals surface area contributed by atoms with Crippen molar-refractivity contribution in [1.29, 1.82) is 0 Å². The van der Waals surface area contributed by atoms with Crippen LogP contribution in [0.25, 0.3) is 0 Å². The summed E-state index contributed by atoms with van der Waals surface area (Å²) < 4.78 is 0. The molecule has 15 heavy (non-hydrogen) atoms. The summed E-state index contributed by atoms with van der Waals surface area (Å²) in [6, 6.07) is 1.06. The van der Waals surface area contributed by atoms with Crippen molar-refractivity contribution >= 4 is 5.91 Å². The van der Waals surface area contributed by atoms with Crippen LogP contribution in [0.5, 0.6) is 0 Å². The molecule has 3 heteroatoms. The van der Waals surface area contributed by atoms with Crippen molar-refractivity contribution in [3.63, 3.8) is 0 Å². The second-order valence-corrected chi connectivity index (χ2v) is 5.12. The molecular formula is C12H24N2O. The topological polar surface area (TPSA) is 23.6 Å². The van der Waals surface area contributed by atoms with Crippen molar-refractivity contribution in [2.75, 3.05) is 20.6 Å².